The van der Waals surface area contributed by atoms with Gasteiger partial charge in [-0.05, 0) is 84.2 Å². The third-order valence-electron chi connectivity index (χ3n) is 7.79. The maximum Gasteiger partial charge on any atom is 1.00 e. The van der Waals surface area contributed by atoms with Crippen molar-refractivity contribution in [3.8, 4) is 11.5 Å². The van der Waals surface area contributed by atoms with E-state index in [0.29, 0.717) is 12.1 Å². The van der Waals surface area contributed by atoms with Crippen LogP contribution in [0.25, 0.3) is 10.8 Å². The average Bonchev–Trinajstić information content (AvgIpc) is 3.16. The minimum atomic E-state index is -5.38. The molecule has 0 bridgehead atoms. The van der Waals surface area contributed by atoms with Crippen LogP contribution in [0.15, 0.2) is 159 Å². The molecule has 0 amide bonds. The first-order valence-corrected chi connectivity index (χ1v) is 20.1. The molecular weight excluding hydrogens is 890 g/mol. The number of benzene rings is 6. The summed E-state index contributed by atoms with van der Waals surface area (Å²) in [5, 5.41) is 52.0. The molecule has 0 aliphatic rings. The van der Waals surface area contributed by atoms with Crippen LogP contribution in [0.1, 0.15) is 0 Å². The second-order valence-electron chi connectivity index (χ2n) is 11.7. The Bertz CT molecular complexity index is 3070. The molecule has 0 saturated carbocycles. The summed E-state index contributed by atoms with van der Waals surface area (Å²) in [6.45, 7) is 0. The fourth-order valence-corrected chi connectivity index (χ4v) is 6.81. The van der Waals surface area contributed by atoms with E-state index in [9.17, 15) is 49.1 Å². The van der Waals surface area contributed by atoms with Gasteiger partial charge in [-0.1, -0.05) is 18.2 Å². The molecule has 0 atom stereocenters. The number of nitrogens with zero attached hydrogens (tertiary/aromatic N) is 8. The van der Waals surface area contributed by atoms with Crippen molar-refractivity contribution in [2.45, 2.75) is 14.7 Å². The third-order valence-corrected chi connectivity index (χ3v) is 10.3. The van der Waals surface area contributed by atoms with Gasteiger partial charge in [-0.15, -0.1) is 20.5 Å². The van der Waals surface area contributed by atoms with Gasteiger partial charge in [0, 0.05) is 6.07 Å². The Balaban J connectivity index is 0.00000331. The fraction of sp³-hybridized carbons (Fsp3) is 0. The fourth-order valence-electron chi connectivity index (χ4n) is 5.04. The number of anilines is 2. The molecule has 0 fully saturated rings. The van der Waals surface area contributed by atoms with Gasteiger partial charge >= 0.3 is 88.7 Å². The summed E-state index contributed by atoms with van der Waals surface area (Å²) in [5.74, 6) is -1.34. The molecule has 6 N–H and O–H groups in total. The van der Waals surface area contributed by atoms with Gasteiger partial charge < -0.3 is 35.3 Å². The van der Waals surface area contributed by atoms with Gasteiger partial charge in [-0.25, -0.2) is 25.3 Å². The van der Waals surface area contributed by atoms with Crippen LogP contribution in [0.3, 0.4) is 0 Å². The zero-order chi connectivity index (χ0) is 42.0. The Morgan fingerprint density at radius 2 is 0.902 bits per heavy atom. The Kier molecular flexibility index (Phi) is 17.5. The molecule has 0 saturated heterocycles. The molecular formula is C34H23N10Na3O11S3. The molecule has 0 aliphatic carbocycles. The minimum Gasteiger partial charge on any atom is -0.744 e. The van der Waals surface area contributed by atoms with Crippen molar-refractivity contribution < 1.29 is 138 Å². The van der Waals surface area contributed by atoms with Gasteiger partial charge in [0.1, 0.15) is 58.9 Å². The second-order valence-corrected chi connectivity index (χ2v) is 15.8. The topological polar surface area (TPSA) is 363 Å². The summed E-state index contributed by atoms with van der Waals surface area (Å²) < 4.78 is 107. The van der Waals surface area contributed by atoms with E-state index in [1.54, 1.807) is 18.2 Å². The first kappa shape index (κ1) is 51.3. The Labute approximate surface area is 413 Å². The van der Waals surface area contributed by atoms with E-state index in [0.717, 1.165) is 18.2 Å². The van der Waals surface area contributed by atoms with E-state index < -0.39 is 78.6 Å². The number of azo groups is 4. The molecule has 0 aromatic heterocycles. The minimum absolute atomic E-state index is 0. The van der Waals surface area contributed by atoms with E-state index in [1.807, 2.05) is 0 Å². The zero-order valence-electron chi connectivity index (χ0n) is 31.8. The molecule has 21 nitrogen and oxygen atoms in total. The summed E-state index contributed by atoms with van der Waals surface area (Å²) in [7, 11) is -15.4. The number of rotatable bonds is 11. The van der Waals surface area contributed by atoms with Crippen LogP contribution in [0.2, 0.25) is 0 Å². The first-order valence-electron chi connectivity index (χ1n) is 15.8. The maximum atomic E-state index is 12.3. The molecule has 6 aromatic carbocycles. The smallest absolute Gasteiger partial charge is 0.744 e. The molecule has 27 heteroatoms. The molecule has 0 aliphatic heterocycles. The molecule has 0 spiro atoms. The van der Waals surface area contributed by atoms with E-state index in [2.05, 4.69) is 40.9 Å². The van der Waals surface area contributed by atoms with Crippen molar-refractivity contribution in [1.29, 1.82) is 0 Å². The van der Waals surface area contributed by atoms with Gasteiger partial charge in [0.25, 0.3) is 0 Å². The molecule has 0 radical (unpaired) electrons. The Hall–Kier alpha value is -4.09. The maximum absolute atomic E-state index is 12.3. The predicted octanol–water partition coefficient (Wildman–Crippen LogP) is -1.20. The number of phenols is 2. The molecule has 6 aromatic rings. The van der Waals surface area contributed by atoms with Gasteiger partial charge in [-0.3, -0.25) is 0 Å². The Morgan fingerprint density at radius 1 is 0.475 bits per heavy atom. The Morgan fingerprint density at radius 3 is 1.39 bits per heavy atom. The number of nitrogens with two attached hydrogens (primary N) is 2. The monoisotopic (exact) mass is 912 g/mol. The average molecular weight is 913 g/mol. The third kappa shape index (κ3) is 12.5. The molecule has 0 heterocycles. The van der Waals surface area contributed by atoms with Crippen molar-refractivity contribution in [3.63, 3.8) is 0 Å². The normalized spacial score (nSPS) is 12.2. The van der Waals surface area contributed by atoms with Crippen molar-refractivity contribution >= 4 is 98.0 Å². The summed E-state index contributed by atoms with van der Waals surface area (Å²) in [5.41, 5.74) is 10.7. The summed E-state index contributed by atoms with van der Waals surface area (Å²) in [6.07, 6.45) is 0. The van der Waals surface area contributed by atoms with Crippen molar-refractivity contribution in [3.05, 3.63) is 103 Å². The number of aromatic hydroxyl groups is 2. The van der Waals surface area contributed by atoms with Crippen molar-refractivity contribution in [2.75, 3.05) is 11.5 Å². The van der Waals surface area contributed by atoms with Crippen LogP contribution in [0, 0.1) is 0 Å². The number of fused-ring (bicyclic) bond motifs is 1. The van der Waals surface area contributed by atoms with Crippen molar-refractivity contribution in [2.24, 2.45) is 40.9 Å². The predicted molar refractivity (Wildman–Crippen MR) is 202 cm³/mol. The van der Waals surface area contributed by atoms with Crippen LogP contribution in [-0.2, 0) is 30.4 Å². The number of hydrogen-bond donors (Lipinski definition) is 4. The first-order chi connectivity index (χ1) is 27.3. The number of nitrogen functional groups attached to an aromatic ring is 2. The van der Waals surface area contributed by atoms with Crippen LogP contribution in [0.5, 0.6) is 11.5 Å². The van der Waals surface area contributed by atoms with Gasteiger partial charge in [0.05, 0.1) is 54.2 Å². The number of hydrogen-bond acceptors (Lipinski definition) is 21. The van der Waals surface area contributed by atoms with Crippen LogP contribution < -0.4 is 100 Å². The van der Waals surface area contributed by atoms with Gasteiger partial charge in [0.15, 0.2) is 5.75 Å². The summed E-state index contributed by atoms with van der Waals surface area (Å²) >= 11 is 0. The van der Waals surface area contributed by atoms with Gasteiger partial charge in [0.2, 0.25) is 0 Å². The quantitative estimate of drug-likeness (QED) is 0.0514. The van der Waals surface area contributed by atoms with Crippen molar-refractivity contribution in [1.82, 2.24) is 0 Å². The standard InChI is InChI=1S/C34H26N10O11S3.3Na/c35-24-16-27(45)26(17-25(24)41-37-22-10-12-23(13-11-22)56(47,48)49)42-38-20-6-8-21(9-7-20)40-43-32-28(57(50,51)52)14-18-15-29(58(53,54)55)33(34(46)30(18)31(32)36)44-39-19-4-2-1-3-5-19;;;/h1-17,45-46H,35-36H2,(H,47,48,49)(H,50,51,52)(H,53,54,55);;;/q;3*+1/p-3. The molecule has 0 unspecified atom stereocenters. The second kappa shape index (κ2) is 20.9. The van der Waals surface area contributed by atoms with E-state index in [4.69, 9.17) is 11.5 Å². The molecule has 296 valence electrons. The van der Waals surface area contributed by atoms with Crippen LogP contribution >= 0.6 is 0 Å². The van der Waals surface area contributed by atoms with Crippen LogP contribution in [-0.4, -0.2) is 49.1 Å². The SMILES string of the molecule is Nc1cc(O)c(N=Nc2ccc(N=Nc3c(S(=O)(=O)[O-])cc4cc(S(=O)(=O)[O-])c(N=Nc5ccccc5)c(O)c4c3N)cc2)cc1N=Nc1ccc(S(=O)(=O)[O-])cc1.[Na+].[Na+].[Na+]. The zero-order valence-corrected chi connectivity index (χ0v) is 40.3. The number of phenolic OH excluding ortho intramolecular Hbond substituents is 2. The van der Waals surface area contributed by atoms with E-state index >= 15 is 0 Å². The van der Waals surface area contributed by atoms with E-state index in [1.165, 1.54) is 54.6 Å². The van der Waals surface area contributed by atoms with Crippen LogP contribution in [0.4, 0.5) is 56.9 Å². The van der Waals surface area contributed by atoms with E-state index in [-0.39, 0.29) is 134 Å². The molecule has 61 heavy (non-hydrogen) atoms. The summed E-state index contributed by atoms with van der Waals surface area (Å²) in [4.78, 5) is -2.57. The van der Waals surface area contributed by atoms with Gasteiger partial charge in [-0.2, -0.15) is 20.5 Å². The largest absolute Gasteiger partial charge is 1.00 e. The molecule has 6 rings (SSSR count). The summed E-state index contributed by atoms with van der Waals surface area (Å²) in [6, 6.07) is 21.8.